The predicted molar refractivity (Wildman–Crippen MR) is 92.3 cm³/mol. The minimum Gasteiger partial charge on any atom is -0.493 e. The molecular weight excluding hydrogens is 282 g/mol. The molecule has 2 N–H and O–H groups in total. The quantitative estimate of drug-likeness (QED) is 0.558. The van der Waals surface area contributed by atoms with Gasteiger partial charge in [0.1, 0.15) is 5.75 Å². The molecule has 0 amide bonds. The molecule has 0 aliphatic carbocycles. The number of hydrogen-bond donors (Lipinski definition) is 1. The van der Waals surface area contributed by atoms with E-state index in [4.69, 9.17) is 22.1 Å². The minimum atomic E-state index is 0.167. The van der Waals surface area contributed by atoms with E-state index in [1.54, 1.807) is 0 Å². The summed E-state index contributed by atoms with van der Waals surface area (Å²) in [5, 5.41) is 0.750. The van der Waals surface area contributed by atoms with Gasteiger partial charge in [-0.1, -0.05) is 57.6 Å². The summed E-state index contributed by atoms with van der Waals surface area (Å²) in [6.07, 6.45) is 9.44. The molecule has 3 heteroatoms. The Morgan fingerprint density at radius 1 is 1.10 bits per heavy atom. The number of halogens is 1. The Morgan fingerprint density at radius 2 is 1.81 bits per heavy atom. The summed E-state index contributed by atoms with van der Waals surface area (Å²) >= 11 is 6.08. The average molecular weight is 312 g/mol. The molecule has 0 aliphatic rings. The lowest BCUT2D eigenvalue weighted by Gasteiger charge is -2.15. The maximum atomic E-state index is 6.08. The summed E-state index contributed by atoms with van der Waals surface area (Å²) in [6, 6.07) is 6.00. The zero-order valence-corrected chi connectivity index (χ0v) is 14.3. The Hall–Kier alpha value is -0.730. The molecule has 0 saturated heterocycles. The summed E-state index contributed by atoms with van der Waals surface area (Å²) in [4.78, 5) is 0. The molecule has 0 fully saturated rings. The molecule has 0 heterocycles. The van der Waals surface area contributed by atoms with E-state index in [9.17, 15) is 0 Å². The van der Waals surface area contributed by atoms with Gasteiger partial charge in [-0.2, -0.15) is 0 Å². The first kappa shape index (κ1) is 18.3. The van der Waals surface area contributed by atoms with Crippen LogP contribution in [0.4, 0.5) is 0 Å². The third-order valence-electron chi connectivity index (χ3n) is 3.78. The second kappa shape index (κ2) is 10.9. The van der Waals surface area contributed by atoms with Gasteiger partial charge in [-0.3, -0.25) is 0 Å². The second-order valence-electron chi connectivity index (χ2n) is 5.74. The van der Waals surface area contributed by atoms with E-state index in [1.165, 1.54) is 32.1 Å². The highest BCUT2D eigenvalue weighted by atomic mass is 35.5. The van der Waals surface area contributed by atoms with E-state index in [0.29, 0.717) is 0 Å². The largest absolute Gasteiger partial charge is 0.493 e. The maximum Gasteiger partial charge on any atom is 0.122 e. The lowest BCUT2D eigenvalue weighted by molar-refractivity contribution is 0.300. The second-order valence-corrected chi connectivity index (χ2v) is 6.18. The van der Waals surface area contributed by atoms with Gasteiger partial charge < -0.3 is 10.5 Å². The van der Waals surface area contributed by atoms with Crippen LogP contribution in [0.15, 0.2) is 18.2 Å². The molecule has 21 heavy (non-hydrogen) atoms. The van der Waals surface area contributed by atoms with E-state index in [1.807, 2.05) is 18.2 Å². The molecule has 1 atom stereocenters. The third kappa shape index (κ3) is 7.73. The van der Waals surface area contributed by atoms with Gasteiger partial charge in [0, 0.05) is 11.1 Å². The van der Waals surface area contributed by atoms with E-state index < -0.39 is 0 Å². The van der Waals surface area contributed by atoms with Crippen LogP contribution >= 0.6 is 11.6 Å². The van der Waals surface area contributed by atoms with Crippen LogP contribution in [0.3, 0.4) is 0 Å². The lowest BCUT2D eigenvalue weighted by atomic mass is 10.0. The molecule has 0 saturated carbocycles. The van der Waals surface area contributed by atoms with Gasteiger partial charge in [0.2, 0.25) is 0 Å². The Bertz CT molecular complexity index is 395. The zero-order valence-electron chi connectivity index (χ0n) is 13.5. The summed E-state index contributed by atoms with van der Waals surface area (Å²) in [5.74, 6) is 0.942. The molecule has 120 valence electrons. The van der Waals surface area contributed by atoms with Crippen molar-refractivity contribution in [1.29, 1.82) is 0 Å². The Morgan fingerprint density at radius 3 is 2.52 bits per heavy atom. The highest BCUT2D eigenvalue weighted by Crippen LogP contribution is 2.24. The van der Waals surface area contributed by atoms with Gasteiger partial charge in [0.05, 0.1) is 6.61 Å². The van der Waals surface area contributed by atoms with Gasteiger partial charge in [-0.15, -0.1) is 0 Å². The maximum absolute atomic E-state index is 6.08. The van der Waals surface area contributed by atoms with E-state index >= 15 is 0 Å². The van der Waals surface area contributed by atoms with E-state index in [-0.39, 0.29) is 6.04 Å². The Labute approximate surface area is 135 Å². The Balaban J connectivity index is 2.39. The van der Waals surface area contributed by atoms with Crippen molar-refractivity contribution in [3.8, 4) is 5.75 Å². The number of ether oxygens (including phenoxy) is 1. The topological polar surface area (TPSA) is 35.2 Å². The van der Waals surface area contributed by atoms with Gasteiger partial charge in [0.25, 0.3) is 0 Å². The molecule has 1 aromatic rings. The molecule has 0 spiro atoms. The molecule has 0 aromatic heterocycles. The molecule has 0 bridgehead atoms. The Kier molecular flexibility index (Phi) is 9.53. The lowest BCUT2D eigenvalue weighted by Crippen LogP contribution is -2.21. The normalized spacial score (nSPS) is 12.4. The van der Waals surface area contributed by atoms with Crippen LogP contribution in [0.5, 0.6) is 5.75 Å². The number of nitrogens with two attached hydrogens (primary N) is 1. The monoisotopic (exact) mass is 311 g/mol. The van der Waals surface area contributed by atoms with Gasteiger partial charge in [-0.05, 0) is 43.0 Å². The average Bonchev–Trinajstić information content (AvgIpc) is 2.48. The molecule has 1 rings (SSSR count). The van der Waals surface area contributed by atoms with Crippen molar-refractivity contribution in [2.75, 3.05) is 6.61 Å². The van der Waals surface area contributed by atoms with Crippen LogP contribution in [0.1, 0.15) is 64.4 Å². The molecule has 0 radical (unpaired) electrons. The number of benzene rings is 1. The number of hydrogen-bond acceptors (Lipinski definition) is 2. The number of rotatable bonds is 11. The van der Waals surface area contributed by atoms with Crippen molar-refractivity contribution in [3.63, 3.8) is 0 Å². The van der Waals surface area contributed by atoms with Crippen LogP contribution in [0, 0.1) is 0 Å². The smallest absolute Gasteiger partial charge is 0.122 e. The van der Waals surface area contributed by atoms with Crippen LogP contribution in [0.2, 0.25) is 5.02 Å². The van der Waals surface area contributed by atoms with Crippen LogP contribution < -0.4 is 10.5 Å². The van der Waals surface area contributed by atoms with E-state index in [0.717, 1.165) is 42.2 Å². The molecular formula is C18H30ClNO. The van der Waals surface area contributed by atoms with E-state index in [2.05, 4.69) is 13.8 Å². The van der Waals surface area contributed by atoms with Gasteiger partial charge in [-0.25, -0.2) is 0 Å². The van der Waals surface area contributed by atoms with Crippen molar-refractivity contribution in [3.05, 3.63) is 28.8 Å². The first-order valence-corrected chi connectivity index (χ1v) is 8.72. The molecule has 2 nitrogen and oxygen atoms in total. The SMILES string of the molecule is CCCCCCCCOc1ccc(Cl)cc1CC(N)CC. The summed E-state index contributed by atoms with van der Waals surface area (Å²) in [7, 11) is 0. The highest BCUT2D eigenvalue weighted by Gasteiger charge is 2.09. The van der Waals surface area contributed by atoms with Gasteiger partial charge >= 0.3 is 0 Å². The first-order valence-electron chi connectivity index (χ1n) is 8.34. The van der Waals surface area contributed by atoms with Gasteiger partial charge in [0.15, 0.2) is 0 Å². The number of unbranched alkanes of at least 4 members (excludes halogenated alkanes) is 5. The minimum absolute atomic E-state index is 0.167. The van der Waals surface area contributed by atoms with Crippen molar-refractivity contribution in [2.45, 2.75) is 71.3 Å². The standard InChI is InChI=1S/C18H30ClNO/c1-3-5-6-7-8-9-12-21-18-11-10-16(19)13-15(18)14-17(20)4-2/h10-11,13,17H,3-9,12,14,20H2,1-2H3. The summed E-state index contributed by atoms with van der Waals surface area (Å²) < 4.78 is 5.93. The van der Waals surface area contributed by atoms with Crippen LogP contribution in [-0.2, 0) is 6.42 Å². The van der Waals surface area contributed by atoms with Crippen LogP contribution in [0.25, 0.3) is 0 Å². The summed E-state index contributed by atoms with van der Waals surface area (Å²) in [5.41, 5.74) is 7.18. The fourth-order valence-corrected chi connectivity index (χ4v) is 2.53. The van der Waals surface area contributed by atoms with Crippen LogP contribution in [-0.4, -0.2) is 12.6 Å². The molecule has 0 aliphatic heterocycles. The fraction of sp³-hybridized carbons (Fsp3) is 0.667. The van der Waals surface area contributed by atoms with Crippen molar-refractivity contribution in [1.82, 2.24) is 0 Å². The van der Waals surface area contributed by atoms with Crippen molar-refractivity contribution in [2.24, 2.45) is 5.73 Å². The fourth-order valence-electron chi connectivity index (χ4n) is 2.34. The molecule has 1 unspecified atom stereocenters. The first-order chi connectivity index (χ1) is 10.2. The van der Waals surface area contributed by atoms with Crippen molar-refractivity contribution >= 4 is 11.6 Å². The third-order valence-corrected chi connectivity index (χ3v) is 4.02. The predicted octanol–water partition coefficient (Wildman–Crippen LogP) is 5.36. The molecule has 1 aromatic carbocycles. The zero-order chi connectivity index (χ0) is 15.5. The van der Waals surface area contributed by atoms with Crippen molar-refractivity contribution < 1.29 is 4.74 Å². The highest BCUT2D eigenvalue weighted by molar-refractivity contribution is 6.30. The summed E-state index contributed by atoms with van der Waals surface area (Å²) in [6.45, 7) is 5.13.